The Morgan fingerprint density at radius 3 is 2.94 bits per heavy atom. The Bertz CT molecular complexity index is 557. The average Bonchev–Trinajstić information content (AvgIpc) is 2.75. The Hall–Kier alpha value is -2.25. The molecule has 0 amide bonds. The molecule has 3 rings (SSSR count). The molecule has 2 heterocycles. The van der Waals surface area contributed by atoms with Crippen LogP contribution in [0.25, 0.3) is 0 Å². The zero-order valence-electron chi connectivity index (χ0n) is 9.60. The number of tetrazole rings is 1. The van der Waals surface area contributed by atoms with Crippen molar-refractivity contribution in [1.82, 2.24) is 30.0 Å². The summed E-state index contributed by atoms with van der Waals surface area (Å²) in [7, 11) is 0. The van der Waals surface area contributed by atoms with Gasteiger partial charge in [0.25, 0.3) is 0 Å². The maximum absolute atomic E-state index is 11.1. The van der Waals surface area contributed by atoms with Crippen molar-refractivity contribution in [2.75, 3.05) is 0 Å². The summed E-state index contributed by atoms with van der Waals surface area (Å²) in [6, 6.07) is 1.81. The third kappa shape index (κ3) is 1.85. The highest BCUT2D eigenvalue weighted by molar-refractivity contribution is 5.77. The van der Waals surface area contributed by atoms with E-state index in [-0.39, 0.29) is 0 Å². The van der Waals surface area contributed by atoms with Crippen molar-refractivity contribution in [3.8, 4) is 0 Å². The average molecular weight is 248 g/mol. The fraction of sp³-hybridized carbons (Fsp3) is 0.500. The first-order valence-corrected chi connectivity index (χ1v) is 5.65. The second-order valence-electron chi connectivity index (χ2n) is 4.54. The Balaban J connectivity index is 1.78. The fourth-order valence-corrected chi connectivity index (χ4v) is 1.88. The Morgan fingerprint density at radius 1 is 1.50 bits per heavy atom. The number of nitrogens with zero attached hydrogens (tertiary/aromatic N) is 6. The Kier molecular flexibility index (Phi) is 2.35. The van der Waals surface area contributed by atoms with Crippen LogP contribution in [0.15, 0.2) is 18.5 Å². The third-order valence-corrected chi connectivity index (χ3v) is 3.23. The predicted octanol–water partition coefficient (Wildman–Crippen LogP) is -0.217. The largest absolute Gasteiger partial charge is 0.481 e. The van der Waals surface area contributed by atoms with E-state index < -0.39 is 11.4 Å². The molecule has 0 unspecified atom stereocenters. The van der Waals surface area contributed by atoms with Gasteiger partial charge >= 0.3 is 5.97 Å². The minimum Gasteiger partial charge on any atom is -0.481 e. The van der Waals surface area contributed by atoms with E-state index >= 15 is 0 Å². The molecule has 1 fully saturated rings. The number of carboxylic acids is 1. The maximum atomic E-state index is 11.1. The van der Waals surface area contributed by atoms with E-state index in [1.807, 2.05) is 12.3 Å². The van der Waals surface area contributed by atoms with Crippen molar-refractivity contribution in [3.63, 3.8) is 0 Å². The van der Waals surface area contributed by atoms with Gasteiger partial charge in [0, 0.05) is 12.4 Å². The molecule has 0 aromatic carbocycles. The smallest absolute Gasteiger partial charge is 0.311 e. The van der Waals surface area contributed by atoms with Crippen molar-refractivity contribution in [2.45, 2.75) is 25.9 Å². The SMILES string of the molecule is O=C(O)C1(Cn2nnnc2Cn2cccn2)CC1. The highest BCUT2D eigenvalue weighted by Gasteiger charge is 2.51. The molecular weight excluding hydrogens is 236 g/mol. The van der Waals surface area contributed by atoms with Gasteiger partial charge in [0.15, 0.2) is 5.82 Å². The van der Waals surface area contributed by atoms with Crippen molar-refractivity contribution in [3.05, 3.63) is 24.3 Å². The summed E-state index contributed by atoms with van der Waals surface area (Å²) in [6.07, 6.45) is 4.85. The fourth-order valence-electron chi connectivity index (χ4n) is 1.88. The molecule has 0 radical (unpaired) electrons. The van der Waals surface area contributed by atoms with Crippen LogP contribution >= 0.6 is 0 Å². The van der Waals surface area contributed by atoms with Crippen LogP contribution in [0.3, 0.4) is 0 Å². The number of carboxylic acid groups (broad SMARTS) is 1. The first kappa shape index (κ1) is 10.9. The molecule has 0 aliphatic heterocycles. The monoisotopic (exact) mass is 248 g/mol. The van der Waals surface area contributed by atoms with Gasteiger partial charge in [0.1, 0.15) is 6.54 Å². The summed E-state index contributed by atoms with van der Waals surface area (Å²) in [5.74, 6) is -0.158. The highest BCUT2D eigenvalue weighted by atomic mass is 16.4. The molecule has 2 aromatic rings. The highest BCUT2D eigenvalue weighted by Crippen LogP contribution is 2.47. The number of aliphatic carboxylic acids is 1. The second kappa shape index (κ2) is 3.90. The lowest BCUT2D eigenvalue weighted by atomic mass is 10.1. The number of rotatable bonds is 5. The van der Waals surface area contributed by atoms with Crippen LogP contribution in [0.1, 0.15) is 18.7 Å². The molecule has 0 bridgehead atoms. The van der Waals surface area contributed by atoms with E-state index in [1.165, 1.54) is 0 Å². The van der Waals surface area contributed by atoms with Crippen LogP contribution in [0.4, 0.5) is 0 Å². The second-order valence-corrected chi connectivity index (χ2v) is 4.54. The first-order chi connectivity index (χ1) is 8.70. The van der Waals surface area contributed by atoms with Gasteiger partial charge in [-0.1, -0.05) is 0 Å². The van der Waals surface area contributed by atoms with Crippen LogP contribution in [0.5, 0.6) is 0 Å². The van der Waals surface area contributed by atoms with Gasteiger partial charge in [-0.2, -0.15) is 5.10 Å². The van der Waals surface area contributed by atoms with E-state index in [1.54, 1.807) is 15.6 Å². The number of hydrogen-bond donors (Lipinski definition) is 1. The van der Waals surface area contributed by atoms with Gasteiger partial charge in [-0.25, -0.2) is 4.68 Å². The van der Waals surface area contributed by atoms with Gasteiger partial charge in [-0.05, 0) is 29.3 Å². The van der Waals surface area contributed by atoms with Gasteiger partial charge < -0.3 is 5.11 Å². The summed E-state index contributed by atoms with van der Waals surface area (Å²) >= 11 is 0. The lowest BCUT2D eigenvalue weighted by Crippen LogP contribution is -2.24. The zero-order chi connectivity index (χ0) is 12.6. The Morgan fingerprint density at radius 2 is 2.33 bits per heavy atom. The maximum Gasteiger partial charge on any atom is 0.311 e. The first-order valence-electron chi connectivity index (χ1n) is 5.65. The number of carbonyl (C=O) groups is 1. The molecule has 1 N–H and O–H groups in total. The Labute approximate surface area is 102 Å². The summed E-state index contributed by atoms with van der Waals surface area (Å²) in [4.78, 5) is 11.1. The summed E-state index contributed by atoms with van der Waals surface area (Å²) in [5, 5.41) is 24.6. The van der Waals surface area contributed by atoms with Crippen LogP contribution < -0.4 is 0 Å². The molecule has 2 aromatic heterocycles. The number of aromatic nitrogens is 6. The van der Waals surface area contributed by atoms with Crippen LogP contribution in [0, 0.1) is 5.41 Å². The van der Waals surface area contributed by atoms with Crippen LogP contribution in [0.2, 0.25) is 0 Å². The molecule has 8 heteroatoms. The molecule has 94 valence electrons. The van der Waals surface area contributed by atoms with E-state index in [0.717, 1.165) is 0 Å². The molecule has 0 spiro atoms. The predicted molar refractivity (Wildman–Crippen MR) is 58.4 cm³/mol. The standard InChI is InChI=1S/C10H12N6O2/c17-9(18)10(2-3-10)7-16-8(12-13-14-16)6-15-5-1-4-11-15/h1,4-5H,2-3,6-7H2,(H,17,18). The molecule has 1 aliphatic rings. The quantitative estimate of drug-likeness (QED) is 0.785. The molecule has 1 saturated carbocycles. The van der Waals surface area contributed by atoms with Crippen molar-refractivity contribution >= 4 is 5.97 Å². The molecule has 0 atom stereocenters. The van der Waals surface area contributed by atoms with Crippen LogP contribution in [-0.2, 0) is 17.9 Å². The molecule has 0 saturated heterocycles. The summed E-state index contributed by atoms with van der Waals surface area (Å²) in [5.41, 5.74) is -0.672. The minimum atomic E-state index is -0.775. The molecular formula is C10H12N6O2. The lowest BCUT2D eigenvalue weighted by molar-refractivity contribution is -0.144. The van der Waals surface area contributed by atoms with Gasteiger partial charge in [0.05, 0.1) is 12.0 Å². The van der Waals surface area contributed by atoms with Crippen molar-refractivity contribution in [1.29, 1.82) is 0 Å². The van der Waals surface area contributed by atoms with Crippen molar-refractivity contribution < 1.29 is 9.90 Å². The van der Waals surface area contributed by atoms with E-state index in [4.69, 9.17) is 5.11 Å². The normalized spacial score (nSPS) is 16.7. The van der Waals surface area contributed by atoms with Gasteiger partial charge in [0.2, 0.25) is 0 Å². The van der Waals surface area contributed by atoms with Gasteiger partial charge in [-0.15, -0.1) is 5.10 Å². The molecule has 18 heavy (non-hydrogen) atoms. The summed E-state index contributed by atoms with van der Waals surface area (Å²) in [6.45, 7) is 0.766. The van der Waals surface area contributed by atoms with E-state index in [0.29, 0.717) is 31.8 Å². The lowest BCUT2D eigenvalue weighted by Gasteiger charge is -2.10. The van der Waals surface area contributed by atoms with Crippen molar-refractivity contribution in [2.24, 2.45) is 5.41 Å². The number of hydrogen-bond acceptors (Lipinski definition) is 5. The minimum absolute atomic E-state index is 0.325. The third-order valence-electron chi connectivity index (χ3n) is 3.23. The van der Waals surface area contributed by atoms with Crippen LogP contribution in [-0.4, -0.2) is 41.1 Å². The zero-order valence-corrected chi connectivity index (χ0v) is 9.60. The van der Waals surface area contributed by atoms with E-state index in [2.05, 4.69) is 20.6 Å². The van der Waals surface area contributed by atoms with Gasteiger partial charge in [-0.3, -0.25) is 9.48 Å². The van der Waals surface area contributed by atoms with E-state index in [9.17, 15) is 4.79 Å². The molecule has 1 aliphatic carbocycles. The molecule has 8 nitrogen and oxygen atoms in total. The topological polar surface area (TPSA) is 98.7 Å². The summed E-state index contributed by atoms with van der Waals surface area (Å²) < 4.78 is 3.26.